The van der Waals surface area contributed by atoms with Gasteiger partial charge in [0.05, 0.1) is 0 Å². The lowest BCUT2D eigenvalue weighted by Crippen LogP contribution is -1.91. The molecule has 2 N–H and O–H groups in total. The van der Waals surface area contributed by atoms with Crippen LogP contribution in [-0.4, -0.2) is 10.2 Å². The van der Waals surface area contributed by atoms with Gasteiger partial charge in [0.1, 0.15) is 11.5 Å². The second-order valence-corrected chi connectivity index (χ2v) is 4.81. The van der Waals surface area contributed by atoms with E-state index in [1.807, 2.05) is 45.9 Å². The average Bonchev–Trinajstić information content (AvgIpc) is 2.34. The van der Waals surface area contributed by atoms with Crippen LogP contribution in [-0.2, 0) is 0 Å². The number of phenols is 2. The van der Waals surface area contributed by atoms with E-state index in [0.717, 1.165) is 27.8 Å². The van der Waals surface area contributed by atoms with E-state index >= 15 is 0 Å². The number of rotatable bonds is 1. The molecule has 0 heterocycles. The molecule has 0 fully saturated rings. The molecular formula is C16H18O2. The molecule has 0 radical (unpaired) electrons. The predicted octanol–water partition coefficient (Wildman–Crippen LogP) is 4.00. The van der Waals surface area contributed by atoms with Crippen LogP contribution < -0.4 is 0 Å². The van der Waals surface area contributed by atoms with Gasteiger partial charge in [-0.15, -0.1) is 0 Å². The number of benzene rings is 2. The van der Waals surface area contributed by atoms with Crippen molar-refractivity contribution in [3.63, 3.8) is 0 Å². The summed E-state index contributed by atoms with van der Waals surface area (Å²) in [5.41, 5.74) is 5.40. The van der Waals surface area contributed by atoms with Crippen molar-refractivity contribution >= 4 is 0 Å². The first-order valence-corrected chi connectivity index (χ1v) is 6.02. The number of phenolic OH excluding ortho intramolecular Hbond substituents is 2. The Morgan fingerprint density at radius 2 is 1.28 bits per heavy atom. The molecule has 2 aromatic carbocycles. The van der Waals surface area contributed by atoms with Crippen LogP contribution in [0.3, 0.4) is 0 Å². The van der Waals surface area contributed by atoms with Crippen LogP contribution >= 0.6 is 0 Å². The lowest BCUT2D eigenvalue weighted by molar-refractivity contribution is 0.466. The maximum atomic E-state index is 10.3. The molecule has 2 aromatic rings. The smallest absolute Gasteiger partial charge is 0.126 e. The Morgan fingerprint density at radius 3 is 1.94 bits per heavy atom. The quantitative estimate of drug-likeness (QED) is 0.793. The van der Waals surface area contributed by atoms with Gasteiger partial charge in [-0.25, -0.2) is 0 Å². The fourth-order valence-corrected chi connectivity index (χ4v) is 2.14. The van der Waals surface area contributed by atoms with Gasteiger partial charge in [-0.3, -0.25) is 0 Å². The van der Waals surface area contributed by atoms with Crippen molar-refractivity contribution in [1.82, 2.24) is 0 Å². The van der Waals surface area contributed by atoms with Gasteiger partial charge >= 0.3 is 0 Å². The number of hydrogen-bond acceptors (Lipinski definition) is 2. The highest BCUT2D eigenvalue weighted by Gasteiger charge is 2.15. The fraction of sp³-hybridized carbons (Fsp3) is 0.250. The molecule has 0 atom stereocenters. The van der Waals surface area contributed by atoms with Gasteiger partial charge in [-0.1, -0.05) is 18.2 Å². The molecule has 94 valence electrons. The van der Waals surface area contributed by atoms with Crippen LogP contribution in [0.4, 0.5) is 0 Å². The molecule has 2 nitrogen and oxygen atoms in total. The molecule has 0 unspecified atom stereocenters. The Bertz CT molecular complexity index is 613. The van der Waals surface area contributed by atoms with Crippen LogP contribution in [0.5, 0.6) is 11.5 Å². The van der Waals surface area contributed by atoms with Gasteiger partial charge < -0.3 is 10.2 Å². The first-order chi connectivity index (χ1) is 8.43. The molecule has 0 saturated heterocycles. The molecular weight excluding hydrogens is 224 g/mol. The van der Waals surface area contributed by atoms with Crippen LogP contribution in [0.15, 0.2) is 24.3 Å². The Labute approximate surface area is 108 Å². The lowest BCUT2D eigenvalue weighted by Gasteiger charge is -2.15. The summed E-state index contributed by atoms with van der Waals surface area (Å²) in [6, 6.07) is 7.38. The lowest BCUT2D eigenvalue weighted by atomic mass is 9.93. The zero-order chi connectivity index (χ0) is 13.4. The fourth-order valence-electron chi connectivity index (χ4n) is 2.14. The molecule has 0 aliphatic carbocycles. The zero-order valence-electron chi connectivity index (χ0n) is 11.2. The van der Waals surface area contributed by atoms with Crippen molar-refractivity contribution in [2.24, 2.45) is 0 Å². The summed E-state index contributed by atoms with van der Waals surface area (Å²) in [6.07, 6.45) is 0. The van der Waals surface area contributed by atoms with E-state index in [9.17, 15) is 10.2 Å². The van der Waals surface area contributed by atoms with E-state index in [4.69, 9.17) is 0 Å². The topological polar surface area (TPSA) is 40.5 Å². The van der Waals surface area contributed by atoms with Gasteiger partial charge in [0.15, 0.2) is 0 Å². The maximum absolute atomic E-state index is 10.3. The maximum Gasteiger partial charge on any atom is 0.126 e. The second kappa shape index (κ2) is 4.37. The van der Waals surface area contributed by atoms with Crippen LogP contribution in [0.1, 0.15) is 22.3 Å². The Kier molecular flexibility index (Phi) is 3.04. The predicted molar refractivity (Wildman–Crippen MR) is 74.2 cm³/mol. The molecule has 0 aliphatic heterocycles. The monoisotopic (exact) mass is 242 g/mol. The summed E-state index contributed by atoms with van der Waals surface area (Å²) >= 11 is 0. The van der Waals surface area contributed by atoms with Crippen molar-refractivity contribution in [1.29, 1.82) is 0 Å². The van der Waals surface area contributed by atoms with Gasteiger partial charge in [-0.05, 0) is 56.0 Å². The summed E-state index contributed by atoms with van der Waals surface area (Å²) in [5, 5.41) is 20.3. The highest BCUT2D eigenvalue weighted by atomic mass is 16.3. The molecule has 0 saturated carbocycles. The summed E-state index contributed by atoms with van der Waals surface area (Å²) in [6.45, 7) is 7.80. The number of hydrogen-bond donors (Lipinski definition) is 2. The molecule has 18 heavy (non-hydrogen) atoms. The summed E-state index contributed by atoms with van der Waals surface area (Å²) in [7, 11) is 0. The molecule has 0 spiro atoms. The van der Waals surface area contributed by atoms with E-state index < -0.39 is 0 Å². The highest BCUT2D eigenvalue weighted by Crippen LogP contribution is 2.40. The van der Waals surface area contributed by atoms with E-state index in [0.29, 0.717) is 5.56 Å². The SMILES string of the molecule is Cc1ccc(-c2c(O)ccc(C)c2C)c(O)c1C. The first kappa shape index (κ1) is 12.5. The zero-order valence-corrected chi connectivity index (χ0v) is 11.2. The van der Waals surface area contributed by atoms with Crippen LogP contribution in [0.2, 0.25) is 0 Å². The molecule has 2 rings (SSSR count). The Balaban J connectivity index is 2.78. The van der Waals surface area contributed by atoms with Crippen molar-refractivity contribution in [3.05, 3.63) is 46.5 Å². The molecule has 0 bridgehead atoms. The summed E-state index contributed by atoms with van der Waals surface area (Å²) in [5.74, 6) is 0.454. The van der Waals surface area contributed by atoms with Gasteiger partial charge in [0.25, 0.3) is 0 Å². The van der Waals surface area contributed by atoms with Crippen molar-refractivity contribution in [2.45, 2.75) is 27.7 Å². The summed E-state index contributed by atoms with van der Waals surface area (Å²) in [4.78, 5) is 0. The van der Waals surface area contributed by atoms with Crippen LogP contribution in [0.25, 0.3) is 11.1 Å². The van der Waals surface area contributed by atoms with Crippen molar-refractivity contribution in [2.75, 3.05) is 0 Å². The van der Waals surface area contributed by atoms with Crippen molar-refractivity contribution in [3.8, 4) is 22.6 Å². The number of aromatic hydroxyl groups is 2. The van der Waals surface area contributed by atoms with E-state index in [2.05, 4.69) is 0 Å². The first-order valence-electron chi connectivity index (χ1n) is 6.02. The van der Waals surface area contributed by atoms with Gasteiger partial charge in [0, 0.05) is 11.1 Å². The molecule has 2 heteroatoms. The highest BCUT2D eigenvalue weighted by molar-refractivity contribution is 5.80. The third-order valence-electron chi connectivity index (χ3n) is 3.69. The number of aryl methyl sites for hydroxylation is 2. The van der Waals surface area contributed by atoms with E-state index in [-0.39, 0.29) is 11.5 Å². The third kappa shape index (κ3) is 1.84. The third-order valence-corrected chi connectivity index (χ3v) is 3.69. The molecule has 0 aromatic heterocycles. The largest absolute Gasteiger partial charge is 0.507 e. The van der Waals surface area contributed by atoms with Gasteiger partial charge in [-0.2, -0.15) is 0 Å². The molecule has 0 amide bonds. The summed E-state index contributed by atoms with van der Waals surface area (Å²) < 4.78 is 0. The van der Waals surface area contributed by atoms with Crippen molar-refractivity contribution < 1.29 is 10.2 Å². The minimum Gasteiger partial charge on any atom is -0.507 e. The molecule has 0 aliphatic rings. The minimum absolute atomic E-state index is 0.205. The Hall–Kier alpha value is -1.96. The standard InChI is InChI=1S/C16H18O2/c1-9-6-8-14(17)15(11(9)3)13-7-5-10(2)12(4)16(13)18/h5-8,17-18H,1-4H3. The van der Waals surface area contributed by atoms with E-state index in [1.54, 1.807) is 6.07 Å². The minimum atomic E-state index is 0.205. The second-order valence-electron chi connectivity index (χ2n) is 4.81. The van der Waals surface area contributed by atoms with Gasteiger partial charge in [0.2, 0.25) is 0 Å². The normalized spacial score (nSPS) is 10.7. The average molecular weight is 242 g/mol. The Morgan fingerprint density at radius 1 is 0.722 bits per heavy atom. The van der Waals surface area contributed by atoms with E-state index in [1.165, 1.54) is 0 Å². The van der Waals surface area contributed by atoms with Crippen LogP contribution in [0, 0.1) is 27.7 Å².